The summed E-state index contributed by atoms with van der Waals surface area (Å²) in [6.45, 7) is 2.73. The SMILES string of the molecule is CCn1c2ccccc2n2c(=O)n(CC(=O)N(C)C3CCCCC3)nc12. The molecule has 1 aliphatic rings. The maximum absolute atomic E-state index is 12.9. The molecule has 2 aromatic heterocycles. The molecule has 1 fully saturated rings. The van der Waals surface area contributed by atoms with Gasteiger partial charge in [0.25, 0.3) is 0 Å². The summed E-state index contributed by atoms with van der Waals surface area (Å²) in [6, 6.07) is 8.05. The average molecular weight is 355 g/mol. The molecular formula is C19H25N5O2. The van der Waals surface area contributed by atoms with E-state index in [9.17, 15) is 9.59 Å². The van der Waals surface area contributed by atoms with Gasteiger partial charge >= 0.3 is 5.69 Å². The summed E-state index contributed by atoms with van der Waals surface area (Å²) >= 11 is 0. The van der Waals surface area contributed by atoms with Crippen LogP contribution < -0.4 is 5.69 Å². The van der Waals surface area contributed by atoms with Gasteiger partial charge in [-0.15, -0.1) is 5.10 Å². The molecule has 0 aliphatic heterocycles. The number of amides is 1. The Morgan fingerprint density at radius 1 is 1.19 bits per heavy atom. The molecule has 7 heteroatoms. The number of fused-ring (bicyclic) bond motifs is 3. The molecule has 1 aliphatic carbocycles. The molecule has 0 unspecified atom stereocenters. The lowest BCUT2D eigenvalue weighted by Gasteiger charge is -2.31. The number of carbonyl (C=O) groups excluding carboxylic acids is 1. The zero-order valence-corrected chi connectivity index (χ0v) is 15.4. The topological polar surface area (TPSA) is 64.5 Å². The quantitative estimate of drug-likeness (QED) is 0.721. The summed E-state index contributed by atoms with van der Waals surface area (Å²) in [4.78, 5) is 27.4. The van der Waals surface area contributed by atoms with Crippen molar-refractivity contribution in [2.24, 2.45) is 0 Å². The molecule has 0 radical (unpaired) electrons. The number of aromatic nitrogens is 4. The van der Waals surface area contributed by atoms with Gasteiger partial charge in [-0.3, -0.25) is 4.79 Å². The van der Waals surface area contributed by atoms with Crippen LogP contribution in [-0.4, -0.2) is 42.6 Å². The van der Waals surface area contributed by atoms with Crippen LogP contribution in [0.5, 0.6) is 0 Å². The van der Waals surface area contributed by atoms with E-state index in [1.54, 1.807) is 4.40 Å². The van der Waals surface area contributed by atoms with Crippen LogP contribution in [0.2, 0.25) is 0 Å². The Labute approximate surface area is 151 Å². The largest absolute Gasteiger partial charge is 0.352 e. The average Bonchev–Trinajstić information content (AvgIpc) is 3.16. The number of benzene rings is 1. The van der Waals surface area contributed by atoms with E-state index in [2.05, 4.69) is 5.10 Å². The van der Waals surface area contributed by atoms with Gasteiger partial charge in [0.1, 0.15) is 6.54 Å². The molecule has 0 atom stereocenters. The second-order valence-corrected chi connectivity index (χ2v) is 7.11. The Morgan fingerprint density at radius 3 is 2.58 bits per heavy atom. The molecule has 0 spiro atoms. The van der Waals surface area contributed by atoms with Crippen LogP contribution in [0.25, 0.3) is 16.8 Å². The number of para-hydroxylation sites is 2. The standard InChI is InChI=1S/C19H25N5O2/c1-3-22-15-11-7-8-12-16(15)24-18(22)20-23(19(24)26)13-17(25)21(2)14-9-5-4-6-10-14/h7-8,11-12,14H,3-6,9-10,13H2,1-2H3. The van der Waals surface area contributed by atoms with Crippen LogP contribution in [0.3, 0.4) is 0 Å². The first-order valence-electron chi connectivity index (χ1n) is 9.44. The lowest BCUT2D eigenvalue weighted by atomic mass is 9.94. The first-order chi connectivity index (χ1) is 12.6. The zero-order valence-electron chi connectivity index (χ0n) is 15.4. The van der Waals surface area contributed by atoms with Gasteiger partial charge < -0.3 is 9.47 Å². The Kier molecular flexibility index (Phi) is 4.30. The normalized spacial score (nSPS) is 15.8. The van der Waals surface area contributed by atoms with Crippen molar-refractivity contribution < 1.29 is 4.79 Å². The third-order valence-electron chi connectivity index (χ3n) is 5.59. The maximum atomic E-state index is 12.9. The van der Waals surface area contributed by atoms with E-state index in [1.165, 1.54) is 23.9 Å². The van der Waals surface area contributed by atoms with Gasteiger partial charge in [-0.05, 0) is 31.9 Å². The Hall–Kier alpha value is -2.57. The molecule has 26 heavy (non-hydrogen) atoms. The summed E-state index contributed by atoms with van der Waals surface area (Å²) in [5.41, 5.74) is 1.55. The van der Waals surface area contributed by atoms with Gasteiger partial charge in [0, 0.05) is 19.6 Å². The number of aryl methyl sites for hydroxylation is 1. The molecule has 2 heterocycles. The van der Waals surface area contributed by atoms with E-state index >= 15 is 0 Å². The number of likely N-dealkylation sites (N-methyl/N-ethyl adjacent to an activating group) is 1. The molecule has 3 aromatic rings. The van der Waals surface area contributed by atoms with E-state index in [-0.39, 0.29) is 24.2 Å². The highest BCUT2D eigenvalue weighted by Crippen LogP contribution is 2.22. The molecule has 0 saturated heterocycles. The lowest BCUT2D eigenvalue weighted by Crippen LogP contribution is -2.41. The second kappa shape index (κ2) is 6.63. The van der Waals surface area contributed by atoms with E-state index in [1.807, 2.05) is 47.7 Å². The van der Waals surface area contributed by atoms with Crippen LogP contribution in [0.1, 0.15) is 39.0 Å². The highest BCUT2D eigenvalue weighted by Gasteiger charge is 2.24. The van der Waals surface area contributed by atoms with Gasteiger partial charge in [0.2, 0.25) is 11.7 Å². The van der Waals surface area contributed by atoms with Crippen LogP contribution in [-0.2, 0) is 17.9 Å². The van der Waals surface area contributed by atoms with Crippen LogP contribution in [0, 0.1) is 0 Å². The maximum Gasteiger partial charge on any atom is 0.352 e. The highest BCUT2D eigenvalue weighted by molar-refractivity contribution is 5.81. The molecule has 7 nitrogen and oxygen atoms in total. The fraction of sp³-hybridized carbons (Fsp3) is 0.526. The molecule has 1 amide bonds. The van der Waals surface area contributed by atoms with Crippen molar-refractivity contribution in [1.82, 2.24) is 23.6 Å². The van der Waals surface area contributed by atoms with Gasteiger partial charge in [-0.2, -0.15) is 0 Å². The number of nitrogens with zero attached hydrogens (tertiary/aromatic N) is 5. The lowest BCUT2D eigenvalue weighted by molar-refractivity contribution is -0.133. The number of hydrogen-bond donors (Lipinski definition) is 0. The number of imidazole rings is 1. The van der Waals surface area contributed by atoms with Crippen molar-refractivity contribution in [3.63, 3.8) is 0 Å². The van der Waals surface area contributed by atoms with Crippen molar-refractivity contribution in [3.05, 3.63) is 34.7 Å². The first kappa shape index (κ1) is 16.9. The predicted molar refractivity (Wildman–Crippen MR) is 100 cm³/mol. The fourth-order valence-electron chi connectivity index (χ4n) is 4.10. The molecule has 138 valence electrons. The van der Waals surface area contributed by atoms with Crippen molar-refractivity contribution >= 4 is 22.7 Å². The van der Waals surface area contributed by atoms with Gasteiger partial charge in [-0.25, -0.2) is 13.9 Å². The van der Waals surface area contributed by atoms with E-state index < -0.39 is 0 Å². The Balaban J connectivity index is 1.68. The smallest absolute Gasteiger partial charge is 0.341 e. The van der Waals surface area contributed by atoms with Crippen LogP contribution >= 0.6 is 0 Å². The third kappa shape index (κ3) is 2.62. The van der Waals surface area contributed by atoms with Crippen molar-refractivity contribution in [2.75, 3.05) is 7.05 Å². The predicted octanol–water partition coefficient (Wildman–Crippen LogP) is 2.26. The van der Waals surface area contributed by atoms with Crippen LogP contribution in [0.4, 0.5) is 0 Å². The minimum Gasteiger partial charge on any atom is -0.341 e. The van der Waals surface area contributed by atoms with Gasteiger partial charge in [0.05, 0.1) is 11.0 Å². The Morgan fingerprint density at radius 2 is 1.88 bits per heavy atom. The first-order valence-corrected chi connectivity index (χ1v) is 9.44. The molecule has 4 rings (SSSR count). The van der Waals surface area contributed by atoms with Crippen molar-refractivity contribution in [2.45, 2.75) is 58.2 Å². The van der Waals surface area contributed by atoms with Gasteiger partial charge in [0.15, 0.2) is 0 Å². The summed E-state index contributed by atoms with van der Waals surface area (Å²) in [5.74, 6) is 0.541. The molecule has 0 N–H and O–H groups in total. The van der Waals surface area contributed by atoms with Gasteiger partial charge in [-0.1, -0.05) is 31.4 Å². The van der Waals surface area contributed by atoms with E-state index in [0.29, 0.717) is 12.3 Å². The third-order valence-corrected chi connectivity index (χ3v) is 5.59. The number of carbonyl (C=O) groups is 1. The van der Waals surface area contributed by atoms with E-state index in [4.69, 9.17) is 0 Å². The molecule has 0 bridgehead atoms. The summed E-state index contributed by atoms with van der Waals surface area (Å²) < 4.78 is 4.91. The zero-order chi connectivity index (χ0) is 18.3. The summed E-state index contributed by atoms with van der Waals surface area (Å²) in [7, 11) is 1.85. The minimum absolute atomic E-state index is 0.00838. The second-order valence-electron chi connectivity index (χ2n) is 7.11. The highest BCUT2D eigenvalue weighted by atomic mass is 16.2. The number of rotatable bonds is 4. The number of hydrogen-bond acceptors (Lipinski definition) is 3. The minimum atomic E-state index is -0.256. The monoisotopic (exact) mass is 355 g/mol. The van der Waals surface area contributed by atoms with E-state index in [0.717, 1.165) is 23.9 Å². The molecule has 1 aromatic carbocycles. The van der Waals surface area contributed by atoms with Crippen LogP contribution in [0.15, 0.2) is 29.1 Å². The summed E-state index contributed by atoms with van der Waals surface area (Å²) in [6.07, 6.45) is 5.69. The Bertz CT molecular complexity index is 1010. The summed E-state index contributed by atoms with van der Waals surface area (Å²) in [5, 5.41) is 4.47. The van der Waals surface area contributed by atoms with Crippen molar-refractivity contribution in [3.8, 4) is 0 Å². The van der Waals surface area contributed by atoms with Crippen molar-refractivity contribution in [1.29, 1.82) is 0 Å². The fourth-order valence-corrected chi connectivity index (χ4v) is 4.10. The molecule has 1 saturated carbocycles. The molecular weight excluding hydrogens is 330 g/mol.